The van der Waals surface area contributed by atoms with E-state index in [4.69, 9.17) is 5.73 Å². The maximum absolute atomic E-state index is 12.6. The zero-order valence-corrected chi connectivity index (χ0v) is 13.3. The standard InChI is InChI=1S/C14H21N3O4S/c1-10-13(17(18)19)7-4-8-14(10)22(20,21)16-12-6-3-2-5-11(12)9-15/h4,7-8,11-12,16H,2-3,5-6,9,15H2,1H3. The van der Waals surface area contributed by atoms with Gasteiger partial charge in [0.05, 0.1) is 9.82 Å². The number of benzene rings is 1. The van der Waals surface area contributed by atoms with Crippen molar-refractivity contribution in [3.8, 4) is 0 Å². The van der Waals surface area contributed by atoms with Crippen molar-refractivity contribution >= 4 is 15.7 Å². The first kappa shape index (κ1) is 16.9. The summed E-state index contributed by atoms with van der Waals surface area (Å²) in [6.07, 6.45) is 3.65. The number of nitro groups is 1. The fraction of sp³-hybridized carbons (Fsp3) is 0.571. The van der Waals surface area contributed by atoms with Gasteiger partial charge in [0.15, 0.2) is 0 Å². The second kappa shape index (κ2) is 6.72. The SMILES string of the molecule is Cc1c([N+](=O)[O-])cccc1S(=O)(=O)NC1CCCCC1CN. The minimum absolute atomic E-state index is 0.0388. The van der Waals surface area contributed by atoms with E-state index in [2.05, 4.69) is 4.72 Å². The molecule has 122 valence electrons. The van der Waals surface area contributed by atoms with Gasteiger partial charge in [-0.2, -0.15) is 0 Å². The molecule has 0 heterocycles. The van der Waals surface area contributed by atoms with Gasteiger partial charge in [0.25, 0.3) is 5.69 Å². The van der Waals surface area contributed by atoms with E-state index in [0.29, 0.717) is 6.54 Å². The quantitative estimate of drug-likeness (QED) is 0.631. The highest BCUT2D eigenvalue weighted by molar-refractivity contribution is 7.89. The Bertz CT molecular complexity index is 660. The maximum atomic E-state index is 12.6. The first-order chi connectivity index (χ1) is 10.4. The van der Waals surface area contributed by atoms with Gasteiger partial charge in [-0.05, 0) is 38.3 Å². The summed E-state index contributed by atoms with van der Waals surface area (Å²) in [4.78, 5) is 10.4. The van der Waals surface area contributed by atoms with Crippen molar-refractivity contribution in [1.29, 1.82) is 0 Å². The Balaban J connectivity index is 2.31. The average molecular weight is 327 g/mol. The molecule has 1 saturated carbocycles. The minimum atomic E-state index is -3.80. The molecule has 1 aliphatic rings. The van der Waals surface area contributed by atoms with Crippen molar-refractivity contribution in [2.24, 2.45) is 11.7 Å². The third kappa shape index (κ3) is 3.45. The lowest BCUT2D eigenvalue weighted by atomic mass is 9.85. The van der Waals surface area contributed by atoms with E-state index in [0.717, 1.165) is 25.7 Å². The number of nitrogens with one attached hydrogen (secondary N) is 1. The predicted molar refractivity (Wildman–Crippen MR) is 83.0 cm³/mol. The summed E-state index contributed by atoms with van der Waals surface area (Å²) >= 11 is 0. The van der Waals surface area contributed by atoms with Crippen molar-refractivity contribution in [2.45, 2.75) is 43.5 Å². The van der Waals surface area contributed by atoms with Crippen LogP contribution in [0.25, 0.3) is 0 Å². The first-order valence-corrected chi connectivity index (χ1v) is 8.81. The molecule has 0 saturated heterocycles. The molecular weight excluding hydrogens is 306 g/mol. The molecule has 0 radical (unpaired) electrons. The zero-order valence-electron chi connectivity index (χ0n) is 12.5. The summed E-state index contributed by atoms with van der Waals surface area (Å²) in [6, 6.07) is 3.88. The van der Waals surface area contributed by atoms with Crippen LogP contribution in [0.3, 0.4) is 0 Å². The number of hydrogen-bond acceptors (Lipinski definition) is 5. The molecule has 2 atom stereocenters. The summed E-state index contributed by atoms with van der Waals surface area (Å²) in [5.41, 5.74) is 5.68. The van der Waals surface area contributed by atoms with Crippen LogP contribution in [0.5, 0.6) is 0 Å². The van der Waals surface area contributed by atoms with Crippen LogP contribution in [0.1, 0.15) is 31.2 Å². The fourth-order valence-corrected chi connectivity index (χ4v) is 4.60. The van der Waals surface area contributed by atoms with E-state index in [1.54, 1.807) is 0 Å². The van der Waals surface area contributed by atoms with Crippen molar-refractivity contribution < 1.29 is 13.3 Å². The van der Waals surface area contributed by atoms with Gasteiger partial charge < -0.3 is 5.73 Å². The Kier molecular flexibility index (Phi) is 5.15. The summed E-state index contributed by atoms with van der Waals surface area (Å²) in [5, 5.41) is 11.0. The molecule has 3 N–H and O–H groups in total. The fourth-order valence-electron chi connectivity index (χ4n) is 3.00. The second-order valence-electron chi connectivity index (χ2n) is 5.67. The van der Waals surface area contributed by atoms with Crippen LogP contribution in [0.2, 0.25) is 0 Å². The first-order valence-electron chi connectivity index (χ1n) is 7.33. The Morgan fingerprint density at radius 3 is 2.68 bits per heavy atom. The molecule has 22 heavy (non-hydrogen) atoms. The lowest BCUT2D eigenvalue weighted by Gasteiger charge is -2.31. The van der Waals surface area contributed by atoms with Gasteiger partial charge in [-0.3, -0.25) is 10.1 Å². The normalized spacial score (nSPS) is 22.5. The number of hydrogen-bond donors (Lipinski definition) is 2. The van der Waals surface area contributed by atoms with Crippen LogP contribution in [-0.2, 0) is 10.0 Å². The predicted octanol–water partition coefficient (Wildman–Crippen LogP) is 1.70. The Morgan fingerprint density at radius 2 is 2.05 bits per heavy atom. The smallest absolute Gasteiger partial charge is 0.273 e. The second-order valence-corrected chi connectivity index (χ2v) is 7.35. The number of nitrogens with two attached hydrogens (primary N) is 1. The van der Waals surface area contributed by atoms with Crippen LogP contribution in [-0.4, -0.2) is 25.9 Å². The van der Waals surface area contributed by atoms with Crippen molar-refractivity contribution in [1.82, 2.24) is 4.72 Å². The van der Waals surface area contributed by atoms with Crippen LogP contribution >= 0.6 is 0 Å². The molecule has 0 aliphatic heterocycles. The molecule has 2 rings (SSSR count). The number of sulfonamides is 1. The molecule has 0 bridgehead atoms. The molecule has 0 amide bonds. The summed E-state index contributed by atoms with van der Waals surface area (Å²) in [5.74, 6) is 0.113. The summed E-state index contributed by atoms with van der Waals surface area (Å²) in [6.45, 7) is 1.88. The topological polar surface area (TPSA) is 115 Å². The largest absolute Gasteiger partial charge is 0.330 e. The van der Waals surface area contributed by atoms with Gasteiger partial charge in [-0.1, -0.05) is 18.9 Å². The molecule has 1 aromatic rings. The van der Waals surface area contributed by atoms with E-state index in [9.17, 15) is 18.5 Å². The molecule has 1 aromatic carbocycles. The Hall–Kier alpha value is -1.51. The van der Waals surface area contributed by atoms with Crippen LogP contribution < -0.4 is 10.5 Å². The van der Waals surface area contributed by atoms with Crippen molar-refractivity contribution in [3.63, 3.8) is 0 Å². The molecule has 1 fully saturated rings. The lowest BCUT2D eigenvalue weighted by Crippen LogP contribution is -2.44. The van der Waals surface area contributed by atoms with E-state index >= 15 is 0 Å². The molecule has 0 spiro atoms. The van der Waals surface area contributed by atoms with Gasteiger partial charge in [0.2, 0.25) is 10.0 Å². The third-order valence-corrected chi connectivity index (χ3v) is 5.89. The average Bonchev–Trinajstić information content (AvgIpc) is 2.47. The monoisotopic (exact) mass is 327 g/mol. The highest BCUT2D eigenvalue weighted by Crippen LogP contribution is 2.28. The van der Waals surface area contributed by atoms with Crippen molar-refractivity contribution in [3.05, 3.63) is 33.9 Å². The zero-order chi connectivity index (χ0) is 16.3. The van der Waals surface area contributed by atoms with E-state index in [-0.39, 0.29) is 28.1 Å². The molecular formula is C14H21N3O4S. The minimum Gasteiger partial charge on any atom is -0.330 e. The summed E-state index contributed by atoms with van der Waals surface area (Å²) in [7, 11) is -3.80. The lowest BCUT2D eigenvalue weighted by molar-refractivity contribution is -0.385. The Labute approximate surface area is 130 Å². The van der Waals surface area contributed by atoms with Gasteiger partial charge in [0.1, 0.15) is 0 Å². The van der Waals surface area contributed by atoms with Gasteiger partial charge in [0, 0.05) is 17.7 Å². The third-order valence-electron chi connectivity index (χ3n) is 4.26. The van der Waals surface area contributed by atoms with Crippen molar-refractivity contribution in [2.75, 3.05) is 6.54 Å². The highest BCUT2D eigenvalue weighted by Gasteiger charge is 2.30. The van der Waals surface area contributed by atoms with Gasteiger partial charge >= 0.3 is 0 Å². The molecule has 8 heteroatoms. The van der Waals surface area contributed by atoms with Crippen LogP contribution in [0, 0.1) is 23.0 Å². The van der Waals surface area contributed by atoms with Crippen LogP contribution in [0.15, 0.2) is 23.1 Å². The molecule has 1 aliphatic carbocycles. The Morgan fingerprint density at radius 1 is 1.36 bits per heavy atom. The van der Waals surface area contributed by atoms with Gasteiger partial charge in [-0.15, -0.1) is 0 Å². The molecule has 0 aromatic heterocycles. The van der Waals surface area contributed by atoms with E-state index in [1.807, 2.05) is 0 Å². The number of rotatable bonds is 5. The van der Waals surface area contributed by atoms with Gasteiger partial charge in [-0.25, -0.2) is 13.1 Å². The van der Waals surface area contributed by atoms with Crippen LogP contribution in [0.4, 0.5) is 5.69 Å². The maximum Gasteiger partial charge on any atom is 0.273 e. The number of nitrogens with zero attached hydrogens (tertiary/aromatic N) is 1. The summed E-state index contributed by atoms with van der Waals surface area (Å²) < 4.78 is 27.9. The molecule has 7 nitrogen and oxygen atoms in total. The highest BCUT2D eigenvalue weighted by atomic mass is 32.2. The van der Waals surface area contributed by atoms with E-state index < -0.39 is 14.9 Å². The van der Waals surface area contributed by atoms with E-state index in [1.165, 1.54) is 25.1 Å². The number of nitro benzene ring substituents is 1. The molecule has 2 unspecified atom stereocenters.